The Kier molecular flexibility index (Phi) is 6.24. The van der Waals surface area contributed by atoms with Gasteiger partial charge in [0, 0.05) is 17.2 Å². The number of anilines is 1. The van der Waals surface area contributed by atoms with Gasteiger partial charge >= 0.3 is 0 Å². The number of halogens is 1. The summed E-state index contributed by atoms with van der Waals surface area (Å²) in [5.41, 5.74) is 0.996. The normalized spacial score (nSPS) is 12.2. The SMILES string of the molecule is CCCS(=O)(=O)Nc1cccc(-c2nc(C(C)(C)C)sc2-c2ccnc(C)n2)c1F. The van der Waals surface area contributed by atoms with Crippen molar-refractivity contribution in [2.24, 2.45) is 0 Å². The molecule has 2 aromatic heterocycles. The Morgan fingerprint density at radius 3 is 2.53 bits per heavy atom. The average Bonchev–Trinajstić information content (AvgIpc) is 3.09. The van der Waals surface area contributed by atoms with Gasteiger partial charge in [0.2, 0.25) is 10.0 Å². The second-order valence-electron chi connectivity index (χ2n) is 8.02. The molecule has 3 aromatic rings. The Bertz CT molecular complexity index is 1170. The lowest BCUT2D eigenvalue weighted by atomic mass is 9.98. The highest BCUT2D eigenvalue weighted by atomic mass is 32.2. The maximum absolute atomic E-state index is 15.4. The van der Waals surface area contributed by atoms with Gasteiger partial charge in [0.25, 0.3) is 0 Å². The lowest BCUT2D eigenvalue weighted by molar-refractivity contribution is 0.585. The van der Waals surface area contributed by atoms with Gasteiger partial charge in [-0.1, -0.05) is 33.8 Å². The van der Waals surface area contributed by atoms with E-state index in [2.05, 4.69) is 14.7 Å². The van der Waals surface area contributed by atoms with Crippen LogP contribution in [0.1, 0.15) is 44.9 Å². The van der Waals surface area contributed by atoms with Crippen LogP contribution in [0, 0.1) is 12.7 Å². The van der Waals surface area contributed by atoms with Crippen molar-refractivity contribution in [2.45, 2.75) is 46.5 Å². The molecule has 6 nitrogen and oxygen atoms in total. The van der Waals surface area contributed by atoms with Gasteiger partial charge in [0.15, 0.2) is 5.82 Å². The standard InChI is InChI=1S/C21H25FN4O2S2/c1-6-12-30(27,28)26-15-9-7-8-14(17(15)22)18-19(16-10-11-23-13(2)24-16)29-20(25-18)21(3,4)5/h7-11,26H,6,12H2,1-5H3. The summed E-state index contributed by atoms with van der Waals surface area (Å²) >= 11 is 1.45. The number of nitrogens with zero attached hydrogens (tertiary/aromatic N) is 3. The van der Waals surface area contributed by atoms with Gasteiger partial charge in [0.05, 0.1) is 32.7 Å². The number of aromatic nitrogens is 3. The molecule has 3 rings (SSSR count). The zero-order chi connectivity index (χ0) is 22.1. The highest BCUT2D eigenvalue weighted by molar-refractivity contribution is 7.92. The number of rotatable bonds is 6. The largest absolute Gasteiger partial charge is 0.281 e. The molecule has 0 radical (unpaired) electrons. The number of sulfonamides is 1. The van der Waals surface area contributed by atoms with Crippen LogP contribution in [-0.4, -0.2) is 29.1 Å². The second kappa shape index (κ2) is 8.39. The number of hydrogen-bond acceptors (Lipinski definition) is 6. The first-order valence-electron chi connectivity index (χ1n) is 9.62. The first-order valence-corrected chi connectivity index (χ1v) is 12.1. The van der Waals surface area contributed by atoms with Crippen molar-refractivity contribution < 1.29 is 12.8 Å². The fourth-order valence-electron chi connectivity index (χ4n) is 2.86. The highest BCUT2D eigenvalue weighted by Crippen LogP contribution is 2.41. The van der Waals surface area contributed by atoms with E-state index in [1.807, 2.05) is 20.8 Å². The molecule has 1 aromatic carbocycles. The third kappa shape index (κ3) is 4.84. The maximum atomic E-state index is 15.4. The molecule has 0 spiro atoms. The molecule has 0 aliphatic carbocycles. The quantitative estimate of drug-likeness (QED) is 0.563. The first kappa shape index (κ1) is 22.3. The van der Waals surface area contributed by atoms with E-state index in [0.717, 1.165) is 9.88 Å². The minimum atomic E-state index is -3.62. The monoisotopic (exact) mass is 448 g/mol. The molecule has 0 aliphatic heterocycles. The Morgan fingerprint density at radius 1 is 1.17 bits per heavy atom. The second-order valence-corrected chi connectivity index (χ2v) is 10.9. The number of benzene rings is 1. The summed E-state index contributed by atoms with van der Waals surface area (Å²) in [6.45, 7) is 9.66. The molecular weight excluding hydrogens is 423 g/mol. The van der Waals surface area contributed by atoms with Crippen molar-refractivity contribution in [3.05, 3.63) is 47.1 Å². The van der Waals surface area contributed by atoms with Crippen LogP contribution in [0.4, 0.5) is 10.1 Å². The minimum absolute atomic E-state index is 0.0764. The fraction of sp³-hybridized carbons (Fsp3) is 0.381. The molecule has 0 saturated carbocycles. The molecule has 30 heavy (non-hydrogen) atoms. The van der Waals surface area contributed by atoms with E-state index in [1.54, 1.807) is 38.2 Å². The van der Waals surface area contributed by atoms with Crippen molar-refractivity contribution in [3.63, 3.8) is 0 Å². The van der Waals surface area contributed by atoms with E-state index in [0.29, 0.717) is 23.6 Å². The van der Waals surface area contributed by atoms with Crippen LogP contribution in [0.2, 0.25) is 0 Å². The van der Waals surface area contributed by atoms with Gasteiger partial charge in [-0.25, -0.2) is 27.8 Å². The van der Waals surface area contributed by atoms with Crippen molar-refractivity contribution in [1.29, 1.82) is 0 Å². The van der Waals surface area contributed by atoms with E-state index in [-0.39, 0.29) is 22.4 Å². The molecule has 0 bridgehead atoms. The molecule has 160 valence electrons. The zero-order valence-corrected chi connectivity index (χ0v) is 19.3. The first-order chi connectivity index (χ1) is 14.0. The van der Waals surface area contributed by atoms with Crippen molar-refractivity contribution in [3.8, 4) is 21.8 Å². The van der Waals surface area contributed by atoms with E-state index in [4.69, 9.17) is 4.98 Å². The molecular formula is C21H25FN4O2S2. The topological polar surface area (TPSA) is 84.8 Å². The predicted octanol–water partition coefficient (Wildman–Crippen LogP) is 5.16. The lowest BCUT2D eigenvalue weighted by Crippen LogP contribution is -2.17. The van der Waals surface area contributed by atoms with Gasteiger partial charge in [-0.3, -0.25) is 4.72 Å². The van der Waals surface area contributed by atoms with Crippen LogP contribution in [-0.2, 0) is 15.4 Å². The van der Waals surface area contributed by atoms with Gasteiger partial charge in [-0.2, -0.15) is 0 Å². The summed E-state index contributed by atoms with van der Waals surface area (Å²) < 4.78 is 42.1. The van der Waals surface area contributed by atoms with Crippen LogP contribution in [0.15, 0.2) is 30.5 Å². The summed E-state index contributed by atoms with van der Waals surface area (Å²) in [5.74, 6) is -0.131. The van der Waals surface area contributed by atoms with Crippen molar-refractivity contribution in [1.82, 2.24) is 15.0 Å². The smallest absolute Gasteiger partial charge is 0.232 e. The van der Waals surface area contributed by atoms with Crippen molar-refractivity contribution >= 4 is 27.0 Å². The number of hydrogen-bond donors (Lipinski definition) is 1. The summed E-state index contributed by atoms with van der Waals surface area (Å²) in [6.07, 6.45) is 2.10. The van der Waals surface area contributed by atoms with Crippen LogP contribution >= 0.6 is 11.3 Å². The van der Waals surface area contributed by atoms with Gasteiger partial charge in [-0.05, 0) is 31.5 Å². The predicted molar refractivity (Wildman–Crippen MR) is 120 cm³/mol. The maximum Gasteiger partial charge on any atom is 0.232 e. The lowest BCUT2D eigenvalue weighted by Gasteiger charge is -2.13. The van der Waals surface area contributed by atoms with Gasteiger partial charge < -0.3 is 0 Å². The summed E-state index contributed by atoms with van der Waals surface area (Å²) in [6, 6.07) is 6.40. The Balaban J connectivity index is 2.18. The molecule has 0 amide bonds. The molecule has 0 fully saturated rings. The van der Waals surface area contributed by atoms with Crippen molar-refractivity contribution in [2.75, 3.05) is 10.5 Å². The Hall–Kier alpha value is -2.39. The number of nitrogens with one attached hydrogen (secondary N) is 1. The molecule has 1 N–H and O–H groups in total. The van der Waals surface area contributed by atoms with Gasteiger partial charge in [-0.15, -0.1) is 11.3 Å². The minimum Gasteiger partial charge on any atom is -0.281 e. The van der Waals surface area contributed by atoms with Crippen LogP contribution < -0.4 is 4.72 Å². The third-order valence-corrected chi connectivity index (χ3v) is 7.25. The van der Waals surface area contributed by atoms with Crippen LogP contribution in [0.5, 0.6) is 0 Å². The molecule has 2 heterocycles. The van der Waals surface area contributed by atoms with E-state index in [1.165, 1.54) is 17.4 Å². The average molecular weight is 449 g/mol. The van der Waals surface area contributed by atoms with E-state index in [9.17, 15) is 8.42 Å². The molecule has 9 heteroatoms. The van der Waals surface area contributed by atoms with Crippen LogP contribution in [0.25, 0.3) is 21.8 Å². The van der Waals surface area contributed by atoms with Crippen LogP contribution in [0.3, 0.4) is 0 Å². The molecule has 0 atom stereocenters. The zero-order valence-electron chi connectivity index (χ0n) is 17.7. The third-order valence-electron chi connectivity index (χ3n) is 4.27. The summed E-state index contributed by atoms with van der Waals surface area (Å²) in [5, 5.41) is 0.833. The number of aryl methyl sites for hydroxylation is 1. The molecule has 0 unspecified atom stereocenters. The van der Waals surface area contributed by atoms with E-state index >= 15 is 4.39 Å². The Morgan fingerprint density at radius 2 is 1.90 bits per heavy atom. The fourth-order valence-corrected chi connectivity index (χ4v) is 5.10. The summed E-state index contributed by atoms with van der Waals surface area (Å²) in [7, 11) is -3.62. The van der Waals surface area contributed by atoms with Gasteiger partial charge in [0.1, 0.15) is 5.82 Å². The number of thiazole rings is 1. The highest BCUT2D eigenvalue weighted by Gasteiger charge is 2.26. The summed E-state index contributed by atoms with van der Waals surface area (Å²) in [4.78, 5) is 14.1. The molecule has 0 saturated heterocycles. The molecule has 0 aliphatic rings. The van der Waals surface area contributed by atoms with E-state index < -0.39 is 15.8 Å². The Labute approximate surface area is 180 Å².